The first kappa shape index (κ1) is 12.7. The molecule has 0 saturated heterocycles. The third kappa shape index (κ3) is 3.15. The number of benzene rings is 1. The van der Waals surface area contributed by atoms with Crippen LogP contribution in [-0.2, 0) is 0 Å². The molecule has 98 valence electrons. The Bertz CT molecular complexity index is 413. The summed E-state index contributed by atoms with van der Waals surface area (Å²) in [5.41, 5.74) is 7.56. The van der Waals surface area contributed by atoms with Gasteiger partial charge in [0.1, 0.15) is 0 Å². The Labute approximate surface area is 108 Å². The molecule has 4 nitrogen and oxygen atoms in total. The number of carbonyl (C=O) groups is 1. The van der Waals surface area contributed by atoms with Gasteiger partial charge in [0.05, 0.1) is 6.04 Å². The van der Waals surface area contributed by atoms with E-state index >= 15 is 0 Å². The molecule has 4 heteroatoms. The van der Waals surface area contributed by atoms with Crippen molar-refractivity contribution in [3.05, 3.63) is 29.8 Å². The number of hydrogen-bond donors (Lipinski definition) is 3. The summed E-state index contributed by atoms with van der Waals surface area (Å²) < 4.78 is 0. The number of carbonyl (C=O) groups excluding carboxylic acids is 1. The number of anilines is 1. The van der Waals surface area contributed by atoms with Crippen LogP contribution in [0.1, 0.15) is 44.2 Å². The zero-order valence-electron chi connectivity index (χ0n) is 10.8. The molecular formula is C14H21N3O. The Morgan fingerprint density at radius 1 is 1.33 bits per heavy atom. The third-order valence-corrected chi connectivity index (χ3v) is 3.50. The summed E-state index contributed by atoms with van der Waals surface area (Å²) in [6, 6.07) is 7.77. The van der Waals surface area contributed by atoms with Gasteiger partial charge in [-0.2, -0.15) is 0 Å². The van der Waals surface area contributed by atoms with Crippen LogP contribution in [0.2, 0.25) is 0 Å². The predicted octanol–water partition coefficient (Wildman–Crippen LogP) is 2.57. The van der Waals surface area contributed by atoms with Crippen molar-refractivity contribution in [3.8, 4) is 0 Å². The Morgan fingerprint density at radius 2 is 2.00 bits per heavy atom. The Balaban J connectivity index is 1.88. The van der Waals surface area contributed by atoms with Gasteiger partial charge in [-0.25, -0.2) is 4.79 Å². The van der Waals surface area contributed by atoms with Crippen LogP contribution >= 0.6 is 0 Å². The van der Waals surface area contributed by atoms with Crippen molar-refractivity contribution >= 4 is 11.7 Å². The van der Waals surface area contributed by atoms with E-state index in [-0.39, 0.29) is 12.1 Å². The number of nitrogen functional groups attached to an aromatic ring is 1. The fourth-order valence-corrected chi connectivity index (χ4v) is 2.48. The second-order valence-corrected chi connectivity index (χ2v) is 4.95. The highest BCUT2D eigenvalue weighted by molar-refractivity contribution is 5.75. The summed E-state index contributed by atoms with van der Waals surface area (Å²) >= 11 is 0. The number of para-hydroxylation sites is 1. The average Bonchev–Trinajstić information content (AvgIpc) is 2.82. The highest BCUT2D eigenvalue weighted by Gasteiger charge is 2.18. The van der Waals surface area contributed by atoms with Gasteiger partial charge in [0.2, 0.25) is 0 Å². The molecule has 0 heterocycles. The Kier molecular flexibility index (Phi) is 4.07. The van der Waals surface area contributed by atoms with E-state index in [9.17, 15) is 4.79 Å². The molecule has 2 amide bonds. The van der Waals surface area contributed by atoms with Gasteiger partial charge in [-0.1, -0.05) is 31.0 Å². The van der Waals surface area contributed by atoms with Gasteiger partial charge in [-0.05, 0) is 31.4 Å². The molecule has 1 aliphatic rings. The largest absolute Gasteiger partial charge is 0.398 e. The third-order valence-electron chi connectivity index (χ3n) is 3.50. The van der Waals surface area contributed by atoms with Crippen LogP contribution in [0, 0.1) is 0 Å². The van der Waals surface area contributed by atoms with E-state index in [0.717, 1.165) is 18.4 Å². The van der Waals surface area contributed by atoms with E-state index in [1.807, 2.05) is 31.2 Å². The van der Waals surface area contributed by atoms with Crippen LogP contribution in [-0.4, -0.2) is 12.1 Å². The molecule has 1 aromatic rings. The highest BCUT2D eigenvalue weighted by Crippen LogP contribution is 2.20. The summed E-state index contributed by atoms with van der Waals surface area (Å²) in [5, 5.41) is 5.94. The number of amides is 2. The lowest BCUT2D eigenvalue weighted by atomic mass is 10.1. The molecule has 2 rings (SSSR count). The minimum Gasteiger partial charge on any atom is -0.398 e. The summed E-state index contributed by atoms with van der Waals surface area (Å²) in [6.07, 6.45) is 4.61. The van der Waals surface area contributed by atoms with Crippen LogP contribution in [0.3, 0.4) is 0 Å². The molecule has 1 fully saturated rings. The van der Waals surface area contributed by atoms with Gasteiger partial charge in [0.25, 0.3) is 0 Å². The molecule has 1 unspecified atom stereocenters. The lowest BCUT2D eigenvalue weighted by Crippen LogP contribution is -2.41. The van der Waals surface area contributed by atoms with Crippen LogP contribution in [0.25, 0.3) is 0 Å². The standard InChI is InChI=1S/C14H21N3O/c1-10(12-8-4-5-9-13(12)15)16-14(18)17-11-6-2-3-7-11/h4-5,8-11H,2-3,6-7,15H2,1H3,(H2,16,17,18). The number of hydrogen-bond acceptors (Lipinski definition) is 2. The summed E-state index contributed by atoms with van der Waals surface area (Å²) in [6.45, 7) is 1.94. The first-order valence-electron chi connectivity index (χ1n) is 6.58. The maximum absolute atomic E-state index is 11.8. The zero-order chi connectivity index (χ0) is 13.0. The molecule has 1 saturated carbocycles. The molecule has 4 N–H and O–H groups in total. The van der Waals surface area contributed by atoms with Crippen LogP contribution in [0.5, 0.6) is 0 Å². The number of urea groups is 1. The van der Waals surface area contributed by atoms with E-state index < -0.39 is 0 Å². The molecule has 0 radical (unpaired) electrons. The van der Waals surface area contributed by atoms with Crippen LogP contribution in [0.15, 0.2) is 24.3 Å². The van der Waals surface area contributed by atoms with E-state index in [1.54, 1.807) is 0 Å². The molecule has 0 bridgehead atoms. The molecule has 1 aliphatic carbocycles. The van der Waals surface area contributed by atoms with Crippen LogP contribution in [0.4, 0.5) is 10.5 Å². The molecule has 0 spiro atoms. The maximum atomic E-state index is 11.8. The summed E-state index contributed by atoms with van der Waals surface area (Å²) in [7, 11) is 0. The van der Waals surface area contributed by atoms with Crippen molar-refractivity contribution in [2.75, 3.05) is 5.73 Å². The fraction of sp³-hybridized carbons (Fsp3) is 0.500. The fourth-order valence-electron chi connectivity index (χ4n) is 2.48. The minimum atomic E-state index is -0.0994. The zero-order valence-corrected chi connectivity index (χ0v) is 10.8. The highest BCUT2D eigenvalue weighted by atomic mass is 16.2. The van der Waals surface area contributed by atoms with Crippen molar-refractivity contribution in [1.82, 2.24) is 10.6 Å². The van der Waals surface area contributed by atoms with Gasteiger partial charge >= 0.3 is 6.03 Å². The molecule has 1 atom stereocenters. The summed E-state index contributed by atoms with van der Waals surface area (Å²) in [4.78, 5) is 11.8. The Hall–Kier alpha value is -1.71. The number of nitrogens with one attached hydrogen (secondary N) is 2. The SMILES string of the molecule is CC(NC(=O)NC1CCCC1)c1ccccc1N. The van der Waals surface area contributed by atoms with Gasteiger partial charge < -0.3 is 16.4 Å². The van der Waals surface area contributed by atoms with Crippen molar-refractivity contribution in [2.24, 2.45) is 0 Å². The molecule has 0 aromatic heterocycles. The quantitative estimate of drug-likeness (QED) is 0.719. The second kappa shape index (κ2) is 5.76. The van der Waals surface area contributed by atoms with Crippen LogP contribution < -0.4 is 16.4 Å². The van der Waals surface area contributed by atoms with E-state index in [4.69, 9.17) is 5.73 Å². The van der Waals surface area contributed by atoms with Crippen molar-refractivity contribution < 1.29 is 4.79 Å². The van der Waals surface area contributed by atoms with Crippen molar-refractivity contribution in [2.45, 2.75) is 44.7 Å². The smallest absolute Gasteiger partial charge is 0.315 e. The van der Waals surface area contributed by atoms with E-state index in [1.165, 1.54) is 12.8 Å². The molecule has 0 aliphatic heterocycles. The lowest BCUT2D eigenvalue weighted by Gasteiger charge is -2.19. The molecular weight excluding hydrogens is 226 g/mol. The van der Waals surface area contributed by atoms with Gasteiger partial charge in [0, 0.05) is 11.7 Å². The first-order chi connectivity index (χ1) is 8.66. The van der Waals surface area contributed by atoms with Gasteiger partial charge in [-0.15, -0.1) is 0 Å². The monoisotopic (exact) mass is 247 g/mol. The van der Waals surface area contributed by atoms with Crippen molar-refractivity contribution in [1.29, 1.82) is 0 Å². The van der Waals surface area contributed by atoms with Gasteiger partial charge in [-0.3, -0.25) is 0 Å². The van der Waals surface area contributed by atoms with Gasteiger partial charge in [0.15, 0.2) is 0 Å². The average molecular weight is 247 g/mol. The van der Waals surface area contributed by atoms with Crippen molar-refractivity contribution in [3.63, 3.8) is 0 Å². The first-order valence-corrected chi connectivity index (χ1v) is 6.58. The predicted molar refractivity (Wildman–Crippen MR) is 73.2 cm³/mol. The molecule has 1 aromatic carbocycles. The normalized spacial score (nSPS) is 17.4. The topological polar surface area (TPSA) is 67.2 Å². The maximum Gasteiger partial charge on any atom is 0.315 e. The second-order valence-electron chi connectivity index (χ2n) is 4.95. The Morgan fingerprint density at radius 3 is 2.67 bits per heavy atom. The van der Waals surface area contributed by atoms with E-state index in [0.29, 0.717) is 11.7 Å². The lowest BCUT2D eigenvalue weighted by molar-refractivity contribution is 0.234. The number of rotatable bonds is 3. The molecule has 18 heavy (non-hydrogen) atoms. The van der Waals surface area contributed by atoms with E-state index in [2.05, 4.69) is 10.6 Å². The number of nitrogens with two attached hydrogens (primary N) is 1. The minimum absolute atomic E-state index is 0.0763. The summed E-state index contributed by atoms with van der Waals surface area (Å²) in [5.74, 6) is 0.